The fourth-order valence-corrected chi connectivity index (χ4v) is 3.76. The minimum atomic E-state index is 0.489. The van der Waals surface area contributed by atoms with Crippen LogP contribution in [0.2, 0.25) is 5.02 Å². The highest BCUT2D eigenvalue weighted by atomic mass is 35.5. The van der Waals surface area contributed by atoms with Crippen molar-refractivity contribution in [3.63, 3.8) is 0 Å². The van der Waals surface area contributed by atoms with Crippen LogP contribution >= 0.6 is 11.6 Å². The number of halogens is 1. The topological polar surface area (TPSA) is 85.9 Å². The first-order valence-electron chi connectivity index (χ1n) is 10.6. The van der Waals surface area contributed by atoms with Crippen LogP contribution in [0.3, 0.4) is 0 Å². The average molecular weight is 437 g/mol. The summed E-state index contributed by atoms with van der Waals surface area (Å²) in [7, 11) is 2.13. The second-order valence-corrected chi connectivity index (χ2v) is 8.54. The summed E-state index contributed by atoms with van der Waals surface area (Å²) < 4.78 is 0. The molecule has 0 unspecified atom stereocenters. The van der Waals surface area contributed by atoms with E-state index in [-0.39, 0.29) is 0 Å². The Labute approximate surface area is 186 Å². The van der Waals surface area contributed by atoms with Gasteiger partial charge in [0.05, 0.1) is 0 Å². The first-order chi connectivity index (χ1) is 15.1. The molecule has 0 atom stereocenters. The van der Waals surface area contributed by atoms with Crippen molar-refractivity contribution in [2.45, 2.75) is 18.8 Å². The molecule has 2 N–H and O–H groups in total. The Balaban J connectivity index is 1.42. The van der Waals surface area contributed by atoms with Gasteiger partial charge in [-0.05, 0) is 43.7 Å². The standard InChI is InChI=1S/C22H25ClN8/c1-30-9-11-31(12-10-30)22-26-19(8-5-15-3-2-4-17(23)13-15)24-21(27-22)25-20-14-18(28-29-20)16-6-7-16/h2-5,8,13-14,16H,6-7,9-12H2,1H3,(H2,24,25,26,27,28,29)/b8-5+. The van der Waals surface area contributed by atoms with Crippen molar-refractivity contribution in [3.05, 3.63) is 52.4 Å². The van der Waals surface area contributed by atoms with E-state index in [4.69, 9.17) is 16.6 Å². The van der Waals surface area contributed by atoms with Crippen molar-refractivity contribution < 1.29 is 0 Å². The van der Waals surface area contributed by atoms with Gasteiger partial charge in [0.25, 0.3) is 0 Å². The number of hydrogen-bond donors (Lipinski definition) is 2. The summed E-state index contributed by atoms with van der Waals surface area (Å²) in [6, 6.07) is 9.72. The number of benzene rings is 1. The predicted molar refractivity (Wildman–Crippen MR) is 124 cm³/mol. The average Bonchev–Trinajstić information content (AvgIpc) is 3.52. The van der Waals surface area contributed by atoms with Crippen molar-refractivity contribution >= 4 is 41.5 Å². The molecule has 9 heteroatoms. The van der Waals surface area contributed by atoms with Crippen LogP contribution in [-0.4, -0.2) is 63.3 Å². The largest absolute Gasteiger partial charge is 0.338 e. The summed E-state index contributed by atoms with van der Waals surface area (Å²) in [6.07, 6.45) is 6.29. The van der Waals surface area contributed by atoms with Gasteiger partial charge in [0, 0.05) is 48.9 Å². The number of anilines is 3. The molecule has 1 saturated heterocycles. The number of aromatic nitrogens is 5. The van der Waals surface area contributed by atoms with Crippen molar-refractivity contribution in [1.82, 2.24) is 30.0 Å². The van der Waals surface area contributed by atoms with Crippen molar-refractivity contribution in [2.75, 3.05) is 43.4 Å². The van der Waals surface area contributed by atoms with E-state index in [0.717, 1.165) is 43.3 Å². The lowest BCUT2D eigenvalue weighted by atomic mass is 10.2. The van der Waals surface area contributed by atoms with Gasteiger partial charge < -0.3 is 15.1 Å². The maximum atomic E-state index is 6.10. The second-order valence-electron chi connectivity index (χ2n) is 8.10. The molecule has 160 valence electrons. The maximum Gasteiger partial charge on any atom is 0.233 e. The van der Waals surface area contributed by atoms with Gasteiger partial charge in [-0.25, -0.2) is 0 Å². The highest BCUT2D eigenvalue weighted by Crippen LogP contribution is 2.39. The number of nitrogens with zero attached hydrogens (tertiary/aromatic N) is 6. The minimum Gasteiger partial charge on any atom is -0.338 e. The smallest absolute Gasteiger partial charge is 0.233 e. The molecular weight excluding hydrogens is 412 g/mol. The molecule has 2 aromatic heterocycles. The lowest BCUT2D eigenvalue weighted by molar-refractivity contribution is 0.311. The number of nitrogens with one attached hydrogen (secondary N) is 2. The van der Waals surface area contributed by atoms with E-state index in [0.29, 0.717) is 28.7 Å². The van der Waals surface area contributed by atoms with Crippen LogP contribution in [0, 0.1) is 0 Å². The molecule has 31 heavy (non-hydrogen) atoms. The number of piperazine rings is 1. The summed E-state index contributed by atoms with van der Waals surface area (Å²) in [4.78, 5) is 18.5. The SMILES string of the molecule is CN1CCN(c2nc(/C=C/c3cccc(Cl)c3)nc(Nc3cc(C4CC4)[nH]n3)n2)CC1. The first kappa shape index (κ1) is 20.0. The second kappa shape index (κ2) is 8.64. The van der Waals surface area contributed by atoms with Crippen LogP contribution in [0.25, 0.3) is 12.2 Å². The third-order valence-electron chi connectivity index (χ3n) is 5.56. The van der Waals surface area contributed by atoms with E-state index in [1.807, 2.05) is 42.5 Å². The molecule has 1 aliphatic heterocycles. The van der Waals surface area contributed by atoms with E-state index in [1.165, 1.54) is 12.8 Å². The van der Waals surface area contributed by atoms with Crippen molar-refractivity contribution in [2.24, 2.45) is 0 Å². The summed E-state index contributed by atoms with van der Waals surface area (Å²) in [5.74, 6) is 3.09. The Hall–Kier alpha value is -2.97. The normalized spacial score (nSPS) is 17.4. The molecule has 5 rings (SSSR count). The molecule has 1 aromatic carbocycles. The number of H-pyrrole nitrogens is 1. The van der Waals surface area contributed by atoms with Crippen LogP contribution in [0.5, 0.6) is 0 Å². The summed E-state index contributed by atoms with van der Waals surface area (Å²) in [5.41, 5.74) is 2.15. The molecule has 1 aliphatic carbocycles. The van der Waals surface area contributed by atoms with E-state index in [2.05, 4.69) is 42.3 Å². The number of rotatable bonds is 6. The molecule has 8 nitrogen and oxygen atoms in total. The van der Waals surface area contributed by atoms with Crippen LogP contribution < -0.4 is 10.2 Å². The minimum absolute atomic E-state index is 0.489. The third-order valence-corrected chi connectivity index (χ3v) is 5.79. The molecule has 2 aliphatic rings. The predicted octanol–water partition coefficient (Wildman–Crippen LogP) is 3.79. The summed E-state index contributed by atoms with van der Waals surface area (Å²) in [6.45, 7) is 3.72. The summed E-state index contributed by atoms with van der Waals surface area (Å²) >= 11 is 6.10. The zero-order valence-corrected chi connectivity index (χ0v) is 18.2. The highest BCUT2D eigenvalue weighted by molar-refractivity contribution is 6.30. The number of hydrogen-bond acceptors (Lipinski definition) is 7. The third kappa shape index (κ3) is 5.03. The van der Waals surface area contributed by atoms with Crippen molar-refractivity contribution in [3.8, 4) is 0 Å². The molecule has 0 radical (unpaired) electrons. The zero-order valence-electron chi connectivity index (χ0n) is 17.4. The number of likely N-dealkylation sites (N-methyl/N-ethyl adjacent to an activating group) is 1. The van der Waals surface area contributed by atoms with Gasteiger partial charge in [-0.3, -0.25) is 5.10 Å². The Morgan fingerprint density at radius 1 is 1.06 bits per heavy atom. The maximum absolute atomic E-state index is 6.10. The Morgan fingerprint density at radius 2 is 1.90 bits per heavy atom. The molecule has 0 bridgehead atoms. The van der Waals surface area contributed by atoms with E-state index >= 15 is 0 Å². The number of aromatic amines is 1. The highest BCUT2D eigenvalue weighted by Gasteiger charge is 2.25. The fourth-order valence-electron chi connectivity index (χ4n) is 3.56. The zero-order chi connectivity index (χ0) is 21.2. The molecule has 0 spiro atoms. The van der Waals surface area contributed by atoms with Gasteiger partial charge in [-0.1, -0.05) is 29.8 Å². The molecule has 3 aromatic rings. The van der Waals surface area contributed by atoms with Gasteiger partial charge in [-0.15, -0.1) is 0 Å². The lowest BCUT2D eigenvalue weighted by Gasteiger charge is -2.32. The molecule has 0 amide bonds. The van der Waals surface area contributed by atoms with Crippen LogP contribution in [-0.2, 0) is 0 Å². The van der Waals surface area contributed by atoms with Crippen LogP contribution in [0.15, 0.2) is 30.3 Å². The summed E-state index contributed by atoms with van der Waals surface area (Å²) in [5, 5.41) is 11.4. The molecule has 1 saturated carbocycles. The molecule has 3 heterocycles. The Kier molecular flexibility index (Phi) is 5.57. The molecule has 2 fully saturated rings. The van der Waals surface area contributed by atoms with Gasteiger partial charge in [-0.2, -0.15) is 20.1 Å². The fraction of sp³-hybridized carbons (Fsp3) is 0.364. The van der Waals surface area contributed by atoms with Crippen LogP contribution in [0.4, 0.5) is 17.7 Å². The van der Waals surface area contributed by atoms with E-state index in [9.17, 15) is 0 Å². The Bertz CT molecular complexity index is 1080. The van der Waals surface area contributed by atoms with E-state index < -0.39 is 0 Å². The van der Waals surface area contributed by atoms with Crippen molar-refractivity contribution in [1.29, 1.82) is 0 Å². The van der Waals surface area contributed by atoms with Gasteiger partial charge in [0.2, 0.25) is 11.9 Å². The molecular formula is C22H25ClN8. The van der Waals surface area contributed by atoms with Gasteiger partial charge >= 0.3 is 0 Å². The van der Waals surface area contributed by atoms with Crippen LogP contribution in [0.1, 0.15) is 35.8 Å². The Morgan fingerprint density at radius 3 is 2.68 bits per heavy atom. The van der Waals surface area contributed by atoms with Gasteiger partial charge in [0.15, 0.2) is 11.6 Å². The lowest BCUT2D eigenvalue weighted by Crippen LogP contribution is -2.45. The monoisotopic (exact) mass is 436 g/mol. The van der Waals surface area contributed by atoms with E-state index in [1.54, 1.807) is 0 Å². The quantitative estimate of drug-likeness (QED) is 0.607. The first-order valence-corrected chi connectivity index (χ1v) is 11.0. The van der Waals surface area contributed by atoms with Gasteiger partial charge in [0.1, 0.15) is 0 Å².